The first kappa shape index (κ1) is 21.6. The summed E-state index contributed by atoms with van der Waals surface area (Å²) < 4.78 is 1.12. The minimum Gasteiger partial charge on any atom is -0.287 e. The van der Waals surface area contributed by atoms with Gasteiger partial charge < -0.3 is 0 Å². The molecule has 0 amide bonds. The van der Waals surface area contributed by atoms with Crippen molar-refractivity contribution in [2.45, 2.75) is 60.7 Å². The molecule has 0 saturated heterocycles. The second kappa shape index (κ2) is 7.54. The van der Waals surface area contributed by atoms with Crippen molar-refractivity contribution in [3.63, 3.8) is 0 Å². The van der Waals surface area contributed by atoms with Crippen molar-refractivity contribution in [2.24, 2.45) is 0 Å². The van der Waals surface area contributed by atoms with Gasteiger partial charge in [-0.2, -0.15) is 0 Å². The number of rotatable bonds is 3. The minimum atomic E-state index is 0.00787. The molecule has 0 aromatic carbocycles. The van der Waals surface area contributed by atoms with Gasteiger partial charge in [-0.15, -0.1) is 46.2 Å². The van der Waals surface area contributed by atoms with Crippen LogP contribution in [0.25, 0.3) is 9.81 Å². The van der Waals surface area contributed by atoms with Crippen molar-refractivity contribution >= 4 is 72.9 Å². The molecule has 32 heavy (non-hydrogen) atoms. The Kier molecular flexibility index (Phi) is 5.09. The SMILES string of the molecule is CC(=O)Sc1ccc(C2=CC3=C4CCCC4=C4C=C(c5ccc(C)s5)S[C@@]4(C)[C@]3(C)S2)s1. The van der Waals surface area contributed by atoms with Crippen LogP contribution >= 0.6 is 58.0 Å². The van der Waals surface area contributed by atoms with Gasteiger partial charge >= 0.3 is 0 Å². The number of thiophene rings is 2. The summed E-state index contributed by atoms with van der Waals surface area (Å²) in [6.45, 7) is 8.79. The molecule has 164 valence electrons. The van der Waals surface area contributed by atoms with Crippen molar-refractivity contribution < 1.29 is 4.79 Å². The molecule has 1 nitrogen and oxygen atoms in total. The first-order valence-corrected chi connectivity index (χ1v) is 15.0. The minimum absolute atomic E-state index is 0.00787. The highest BCUT2D eigenvalue weighted by molar-refractivity contribution is 8.15. The third-order valence-corrected chi connectivity index (χ3v) is 13.7. The number of hydrogen-bond donors (Lipinski definition) is 0. The highest BCUT2D eigenvalue weighted by Crippen LogP contribution is 2.70. The van der Waals surface area contributed by atoms with Gasteiger partial charge in [0.15, 0.2) is 5.12 Å². The molecular weight excluding hydrogens is 489 g/mol. The van der Waals surface area contributed by atoms with Crippen LogP contribution in [0.15, 0.2) is 62.9 Å². The second-order valence-electron chi connectivity index (χ2n) is 9.05. The summed E-state index contributed by atoms with van der Waals surface area (Å²) in [6.07, 6.45) is 8.67. The number of carbonyl (C=O) groups excluding carboxylic acids is 1. The fourth-order valence-electron chi connectivity index (χ4n) is 5.40. The zero-order valence-corrected chi connectivity index (χ0v) is 22.6. The van der Waals surface area contributed by atoms with E-state index in [1.54, 1.807) is 40.6 Å². The number of allylic oxidation sites excluding steroid dienone is 4. The fraction of sp³-hybridized carbons (Fsp3) is 0.346. The van der Waals surface area contributed by atoms with Gasteiger partial charge in [-0.05, 0) is 111 Å². The fourth-order valence-corrected chi connectivity index (χ4v) is 11.6. The number of carbonyl (C=O) groups is 1. The lowest BCUT2D eigenvalue weighted by molar-refractivity contribution is -0.109. The van der Waals surface area contributed by atoms with Crippen molar-refractivity contribution in [3.05, 3.63) is 73.3 Å². The van der Waals surface area contributed by atoms with Crippen LogP contribution in [0.3, 0.4) is 0 Å². The van der Waals surface area contributed by atoms with Gasteiger partial charge in [0.2, 0.25) is 0 Å². The van der Waals surface area contributed by atoms with E-state index < -0.39 is 0 Å². The van der Waals surface area contributed by atoms with E-state index in [9.17, 15) is 4.79 Å². The normalized spacial score (nSPS) is 28.6. The Morgan fingerprint density at radius 1 is 0.875 bits per heavy atom. The summed E-state index contributed by atoms with van der Waals surface area (Å²) in [5, 5.41) is 0.152. The quantitative estimate of drug-likeness (QED) is 0.382. The van der Waals surface area contributed by atoms with Gasteiger partial charge in [0, 0.05) is 31.4 Å². The topological polar surface area (TPSA) is 17.1 Å². The number of aryl methyl sites for hydroxylation is 1. The molecule has 1 saturated carbocycles. The summed E-state index contributed by atoms with van der Waals surface area (Å²) >= 11 is 9.13. The molecule has 4 heterocycles. The molecule has 0 N–H and O–H groups in total. The molecule has 0 unspecified atom stereocenters. The summed E-state index contributed by atoms with van der Waals surface area (Å²) in [5.74, 6) is 0. The molecule has 2 aromatic rings. The lowest BCUT2D eigenvalue weighted by atomic mass is 9.72. The predicted molar refractivity (Wildman–Crippen MR) is 146 cm³/mol. The Hall–Kier alpha value is -0.920. The average molecular weight is 513 g/mol. The lowest BCUT2D eigenvalue weighted by Crippen LogP contribution is -2.47. The largest absolute Gasteiger partial charge is 0.287 e. The summed E-state index contributed by atoms with van der Waals surface area (Å²) in [4.78, 5) is 18.4. The van der Waals surface area contributed by atoms with E-state index in [1.807, 2.05) is 23.1 Å². The van der Waals surface area contributed by atoms with E-state index in [4.69, 9.17) is 0 Å². The third kappa shape index (κ3) is 3.09. The van der Waals surface area contributed by atoms with Gasteiger partial charge in [0.25, 0.3) is 0 Å². The Bertz CT molecular complexity index is 1300. The van der Waals surface area contributed by atoms with E-state index in [2.05, 4.69) is 69.0 Å². The Morgan fingerprint density at radius 2 is 1.44 bits per heavy atom. The van der Waals surface area contributed by atoms with Gasteiger partial charge in [-0.25, -0.2) is 0 Å². The van der Waals surface area contributed by atoms with E-state index >= 15 is 0 Å². The van der Waals surface area contributed by atoms with Crippen LogP contribution in [-0.4, -0.2) is 14.6 Å². The van der Waals surface area contributed by atoms with E-state index in [-0.39, 0.29) is 14.6 Å². The Balaban J connectivity index is 1.44. The van der Waals surface area contributed by atoms with Crippen LogP contribution in [0.1, 0.15) is 54.7 Å². The van der Waals surface area contributed by atoms with Crippen LogP contribution in [0, 0.1) is 6.92 Å². The Morgan fingerprint density at radius 3 is 1.97 bits per heavy atom. The van der Waals surface area contributed by atoms with Crippen LogP contribution < -0.4 is 0 Å². The first-order valence-electron chi connectivity index (χ1n) is 10.9. The molecule has 2 atom stereocenters. The van der Waals surface area contributed by atoms with Crippen molar-refractivity contribution in [3.8, 4) is 0 Å². The molecule has 2 aromatic heterocycles. The number of fused-ring (bicyclic) bond motifs is 4. The predicted octanol–water partition coefficient (Wildman–Crippen LogP) is 8.94. The lowest BCUT2D eigenvalue weighted by Gasteiger charge is -2.47. The van der Waals surface area contributed by atoms with Crippen molar-refractivity contribution in [2.75, 3.05) is 0 Å². The monoisotopic (exact) mass is 512 g/mol. The standard InChI is InChI=1S/C26H24OS5/c1-14-8-9-20(28-14)22-12-18-16-6-5-7-17(16)19-13-23(32-26(19,4)25(18,3)31-22)21-10-11-24(30-21)29-15(2)27/h8-13H,5-7H2,1-4H3/t25-,26-/m1/s1. The van der Waals surface area contributed by atoms with Gasteiger partial charge in [-0.3, -0.25) is 4.79 Å². The van der Waals surface area contributed by atoms with E-state index in [0.29, 0.717) is 0 Å². The van der Waals surface area contributed by atoms with Crippen molar-refractivity contribution in [1.29, 1.82) is 0 Å². The van der Waals surface area contributed by atoms with Crippen molar-refractivity contribution in [1.82, 2.24) is 0 Å². The second-order valence-corrected chi connectivity index (χ2v) is 15.8. The van der Waals surface area contributed by atoms with Gasteiger partial charge in [0.05, 0.1) is 13.7 Å². The highest BCUT2D eigenvalue weighted by Gasteiger charge is 2.59. The molecule has 6 heteroatoms. The summed E-state index contributed by atoms with van der Waals surface area (Å²) in [5.41, 5.74) is 6.35. The molecule has 2 aliphatic carbocycles. The maximum absolute atomic E-state index is 11.6. The molecule has 1 fully saturated rings. The summed E-state index contributed by atoms with van der Waals surface area (Å²) in [7, 11) is 0. The van der Waals surface area contributed by atoms with Gasteiger partial charge in [0.1, 0.15) is 0 Å². The molecule has 6 rings (SSSR count). The van der Waals surface area contributed by atoms with Crippen LogP contribution in [0.5, 0.6) is 0 Å². The van der Waals surface area contributed by atoms with Crippen LogP contribution in [-0.2, 0) is 4.79 Å². The summed E-state index contributed by atoms with van der Waals surface area (Å²) in [6, 6.07) is 8.84. The first-order chi connectivity index (χ1) is 15.3. The average Bonchev–Trinajstić information content (AvgIpc) is 3.50. The third-order valence-electron chi connectivity index (χ3n) is 7.04. The van der Waals surface area contributed by atoms with Crippen LogP contribution in [0.4, 0.5) is 0 Å². The number of hydrogen-bond acceptors (Lipinski definition) is 6. The van der Waals surface area contributed by atoms with Gasteiger partial charge in [-0.1, -0.05) is 0 Å². The maximum atomic E-state index is 11.6. The highest BCUT2D eigenvalue weighted by atomic mass is 32.2. The smallest absolute Gasteiger partial charge is 0.191 e. The molecule has 4 aliphatic rings. The molecule has 0 spiro atoms. The zero-order chi connectivity index (χ0) is 22.3. The molecular formula is C26H24OS5. The zero-order valence-electron chi connectivity index (χ0n) is 18.5. The molecule has 0 bridgehead atoms. The molecule has 2 aliphatic heterocycles. The molecule has 0 radical (unpaired) electrons. The van der Waals surface area contributed by atoms with E-state index in [0.717, 1.165) is 4.21 Å². The van der Waals surface area contributed by atoms with Crippen LogP contribution in [0.2, 0.25) is 0 Å². The van der Waals surface area contributed by atoms with E-state index in [1.165, 1.54) is 55.5 Å². The number of thioether (sulfide) groups is 3. The Labute approximate surface area is 210 Å². The maximum Gasteiger partial charge on any atom is 0.191 e.